The zero-order valence-electron chi connectivity index (χ0n) is 15.1. The summed E-state index contributed by atoms with van der Waals surface area (Å²) >= 11 is 0. The van der Waals surface area contributed by atoms with E-state index in [4.69, 9.17) is 5.73 Å². The summed E-state index contributed by atoms with van der Waals surface area (Å²) in [5.41, 5.74) is -4.16. The van der Waals surface area contributed by atoms with Crippen LogP contribution in [0, 0.1) is 0 Å². The summed E-state index contributed by atoms with van der Waals surface area (Å²) in [5.74, 6) is -1.20. The first-order valence-corrected chi connectivity index (χ1v) is 8.35. The monoisotopic (exact) mass is 447 g/mol. The summed E-state index contributed by atoms with van der Waals surface area (Å²) in [7, 11) is 0. The highest BCUT2D eigenvalue weighted by molar-refractivity contribution is 5.65. The average Bonchev–Trinajstić information content (AvgIpc) is 2.59. The van der Waals surface area contributed by atoms with Crippen LogP contribution in [-0.4, -0.2) is 9.55 Å². The number of nitrogens with two attached hydrogens (primary N) is 1. The second-order valence-electron chi connectivity index (χ2n) is 6.26. The van der Waals surface area contributed by atoms with Crippen LogP contribution >= 0.6 is 0 Å². The Hall–Kier alpha value is -2.73. The van der Waals surface area contributed by atoms with Crippen molar-refractivity contribution in [2.24, 2.45) is 0 Å². The minimum atomic E-state index is -5.32. The van der Waals surface area contributed by atoms with Gasteiger partial charge in [0.25, 0.3) is 5.56 Å². The third kappa shape index (κ3) is 4.70. The molecule has 2 aromatic rings. The van der Waals surface area contributed by atoms with E-state index in [9.17, 15) is 44.3 Å². The molecule has 30 heavy (non-hydrogen) atoms. The summed E-state index contributed by atoms with van der Waals surface area (Å²) in [6, 6.07) is 0.240. The number of nitrogen functional groups attached to an aromatic ring is 1. The summed E-state index contributed by atoms with van der Waals surface area (Å²) in [5, 5.41) is 0. The Bertz CT molecular complexity index is 988. The van der Waals surface area contributed by atoms with E-state index in [-0.39, 0.29) is 24.6 Å². The van der Waals surface area contributed by atoms with E-state index in [0.29, 0.717) is 11.0 Å². The largest absolute Gasteiger partial charge is 0.435 e. The first kappa shape index (κ1) is 23.5. The second kappa shape index (κ2) is 7.84. The Labute approximate surface area is 163 Å². The quantitative estimate of drug-likeness (QED) is 0.643. The van der Waals surface area contributed by atoms with Crippen molar-refractivity contribution in [2.75, 3.05) is 5.73 Å². The van der Waals surface area contributed by atoms with E-state index < -0.39 is 64.5 Å². The van der Waals surface area contributed by atoms with Crippen molar-refractivity contribution < 1.29 is 39.5 Å². The molecule has 0 aliphatic heterocycles. The van der Waals surface area contributed by atoms with Gasteiger partial charge in [0.1, 0.15) is 11.5 Å². The van der Waals surface area contributed by atoms with E-state index in [1.54, 1.807) is 6.92 Å². The second-order valence-corrected chi connectivity index (χ2v) is 6.26. The van der Waals surface area contributed by atoms with Gasteiger partial charge < -0.3 is 5.73 Å². The molecule has 0 amide bonds. The number of anilines is 1. The number of halogens is 9. The fraction of sp³-hybridized carbons (Fsp3) is 0.412. The van der Waals surface area contributed by atoms with Crippen LogP contribution in [0.2, 0.25) is 0 Å². The summed E-state index contributed by atoms with van der Waals surface area (Å²) in [4.78, 5) is 15.4. The molecule has 0 aliphatic rings. The highest BCUT2D eigenvalue weighted by atomic mass is 19.4. The van der Waals surface area contributed by atoms with Gasteiger partial charge in [0.05, 0.1) is 11.1 Å². The minimum Gasteiger partial charge on any atom is -0.392 e. The summed E-state index contributed by atoms with van der Waals surface area (Å²) in [6.45, 7) is 1.23. The number of nitrogens with zero attached hydrogens (tertiary/aromatic N) is 2. The Morgan fingerprint density at radius 3 is 2.03 bits per heavy atom. The lowest BCUT2D eigenvalue weighted by atomic mass is 10.0. The molecule has 13 heteroatoms. The van der Waals surface area contributed by atoms with Gasteiger partial charge in [-0.1, -0.05) is 13.3 Å². The number of rotatable bonds is 4. The van der Waals surface area contributed by atoms with E-state index >= 15 is 0 Å². The third-order valence-electron chi connectivity index (χ3n) is 4.10. The lowest BCUT2D eigenvalue weighted by Gasteiger charge is -2.20. The van der Waals surface area contributed by atoms with Crippen molar-refractivity contribution in [3.05, 3.63) is 45.4 Å². The highest BCUT2D eigenvalue weighted by Gasteiger charge is 2.41. The van der Waals surface area contributed by atoms with Gasteiger partial charge in [0.15, 0.2) is 5.69 Å². The van der Waals surface area contributed by atoms with E-state index in [1.165, 1.54) is 0 Å². The number of unbranched alkanes of at least 4 members (excludes halogenated alkanes) is 1. The average molecular weight is 447 g/mol. The molecule has 0 spiro atoms. The maximum absolute atomic E-state index is 13.4. The van der Waals surface area contributed by atoms with Gasteiger partial charge in [0, 0.05) is 12.1 Å². The summed E-state index contributed by atoms with van der Waals surface area (Å²) in [6.07, 6.45) is -15.1. The fourth-order valence-corrected chi connectivity index (χ4v) is 2.67. The van der Waals surface area contributed by atoms with Crippen LogP contribution in [0.1, 0.15) is 36.6 Å². The van der Waals surface area contributed by atoms with E-state index in [2.05, 4.69) is 4.98 Å². The molecule has 1 heterocycles. The molecule has 166 valence electrons. The van der Waals surface area contributed by atoms with Gasteiger partial charge in [-0.15, -0.1) is 0 Å². The van der Waals surface area contributed by atoms with Crippen molar-refractivity contribution in [1.82, 2.24) is 9.55 Å². The Balaban J connectivity index is 3.00. The molecule has 0 saturated carbocycles. The lowest BCUT2D eigenvalue weighted by Crippen LogP contribution is -2.31. The predicted molar refractivity (Wildman–Crippen MR) is 88.3 cm³/mol. The molecule has 0 saturated heterocycles. The van der Waals surface area contributed by atoms with Crippen molar-refractivity contribution in [1.29, 1.82) is 0 Å². The maximum atomic E-state index is 13.4. The number of benzene rings is 1. The molecular formula is C17H14F9N3O. The Morgan fingerprint density at radius 1 is 0.967 bits per heavy atom. The van der Waals surface area contributed by atoms with Crippen LogP contribution in [0.3, 0.4) is 0 Å². The van der Waals surface area contributed by atoms with Gasteiger partial charge in [-0.25, -0.2) is 4.98 Å². The molecule has 0 radical (unpaired) electrons. The number of alkyl halides is 9. The van der Waals surface area contributed by atoms with Crippen LogP contribution in [-0.2, 0) is 25.1 Å². The van der Waals surface area contributed by atoms with Gasteiger partial charge in [-0.2, -0.15) is 39.5 Å². The van der Waals surface area contributed by atoms with Crippen LogP contribution in [0.4, 0.5) is 45.2 Å². The molecule has 2 N–H and O–H groups in total. The zero-order valence-corrected chi connectivity index (χ0v) is 15.1. The zero-order chi connectivity index (χ0) is 23.1. The van der Waals surface area contributed by atoms with E-state index in [0.717, 1.165) is 0 Å². The first-order chi connectivity index (χ1) is 13.6. The van der Waals surface area contributed by atoms with Crippen LogP contribution < -0.4 is 11.3 Å². The molecule has 1 aromatic heterocycles. The topological polar surface area (TPSA) is 60.9 Å². The van der Waals surface area contributed by atoms with Crippen LogP contribution in [0.15, 0.2) is 23.0 Å². The predicted octanol–water partition coefficient (Wildman–Crippen LogP) is 5.35. The van der Waals surface area contributed by atoms with Crippen LogP contribution in [0.5, 0.6) is 0 Å². The molecular weight excluding hydrogens is 433 g/mol. The molecule has 0 aliphatic carbocycles. The smallest absolute Gasteiger partial charge is 0.392 e. The van der Waals surface area contributed by atoms with Gasteiger partial charge in [-0.05, 0) is 24.6 Å². The normalized spacial score (nSPS) is 13.0. The fourth-order valence-electron chi connectivity index (χ4n) is 2.67. The van der Waals surface area contributed by atoms with Crippen molar-refractivity contribution in [3.8, 4) is 11.4 Å². The summed E-state index contributed by atoms with van der Waals surface area (Å²) < 4.78 is 120. The van der Waals surface area contributed by atoms with Crippen molar-refractivity contribution in [3.63, 3.8) is 0 Å². The van der Waals surface area contributed by atoms with Crippen molar-refractivity contribution >= 4 is 5.69 Å². The molecule has 1 aromatic carbocycles. The number of hydrogen-bond donors (Lipinski definition) is 1. The van der Waals surface area contributed by atoms with Gasteiger partial charge in [0.2, 0.25) is 0 Å². The standard InChI is InChI=1S/C17H14F9N3O/c1-2-3-6-29-13(28-12(17(24,25)26)11(27)14(29)30)9-7-8(15(18,19)20)4-5-10(9)16(21,22)23/h4-5,7H,2-3,6,27H2,1H3. The lowest BCUT2D eigenvalue weighted by molar-refractivity contribution is -0.141. The number of aromatic nitrogens is 2. The SMILES string of the molecule is CCCCn1c(-c2cc(C(F)(F)F)ccc2C(F)(F)F)nc(C(F)(F)F)c(N)c1=O. The molecule has 4 nitrogen and oxygen atoms in total. The highest BCUT2D eigenvalue weighted by Crippen LogP contribution is 2.41. The third-order valence-corrected chi connectivity index (χ3v) is 4.10. The molecule has 0 unspecified atom stereocenters. The Kier molecular flexibility index (Phi) is 6.15. The molecule has 2 rings (SSSR count). The molecule has 0 bridgehead atoms. The number of hydrogen-bond acceptors (Lipinski definition) is 3. The first-order valence-electron chi connectivity index (χ1n) is 8.35. The Morgan fingerprint density at radius 2 is 1.57 bits per heavy atom. The van der Waals surface area contributed by atoms with Crippen molar-refractivity contribution in [2.45, 2.75) is 44.8 Å². The van der Waals surface area contributed by atoms with Gasteiger partial charge in [-0.3, -0.25) is 9.36 Å². The molecule has 0 fully saturated rings. The van der Waals surface area contributed by atoms with Gasteiger partial charge >= 0.3 is 18.5 Å². The maximum Gasteiger partial charge on any atom is 0.435 e. The molecule has 0 atom stereocenters. The van der Waals surface area contributed by atoms with E-state index in [1.807, 2.05) is 0 Å². The minimum absolute atomic E-state index is 0.0172. The van der Waals surface area contributed by atoms with Crippen LogP contribution in [0.25, 0.3) is 11.4 Å².